The van der Waals surface area contributed by atoms with Crippen molar-refractivity contribution in [1.29, 1.82) is 0 Å². The second-order valence-electron chi connectivity index (χ2n) is 5.84. The molecule has 1 heterocycles. The molecule has 0 spiro atoms. The molecule has 2 N–H and O–H groups in total. The van der Waals surface area contributed by atoms with Crippen LogP contribution in [0.1, 0.15) is 18.4 Å². The van der Waals surface area contributed by atoms with Crippen molar-refractivity contribution >= 4 is 51.7 Å². The first kappa shape index (κ1) is 22.5. The van der Waals surface area contributed by atoms with Crippen LogP contribution in [0.5, 0.6) is 0 Å². The van der Waals surface area contributed by atoms with Crippen molar-refractivity contribution in [2.45, 2.75) is 29.5 Å². The lowest BCUT2D eigenvalue weighted by Crippen LogP contribution is -2.40. The third-order valence-corrected chi connectivity index (χ3v) is 7.24. The maximum absolute atomic E-state index is 12.4. The highest BCUT2D eigenvalue weighted by molar-refractivity contribution is 14.0. The van der Waals surface area contributed by atoms with E-state index in [-0.39, 0.29) is 24.0 Å². The smallest absolute Gasteiger partial charge is 0.242 e. The number of nitrogens with one attached hydrogen (secondary N) is 2. The van der Waals surface area contributed by atoms with E-state index in [1.165, 1.54) is 22.9 Å². The molecule has 0 aliphatic carbocycles. The number of halogens is 1. The lowest BCUT2D eigenvalue weighted by Gasteiger charge is -2.17. The molecule has 1 fully saturated rings. The van der Waals surface area contributed by atoms with Crippen LogP contribution < -0.4 is 10.6 Å². The predicted octanol–water partition coefficient (Wildman–Crippen LogP) is 2.12. The van der Waals surface area contributed by atoms with Crippen LogP contribution >= 0.6 is 35.7 Å². The molecule has 0 radical (unpaired) electrons. The van der Waals surface area contributed by atoms with Crippen molar-refractivity contribution in [2.24, 2.45) is 4.99 Å². The summed E-state index contributed by atoms with van der Waals surface area (Å²) in [4.78, 5) is 4.54. The van der Waals surface area contributed by atoms with Crippen molar-refractivity contribution in [3.63, 3.8) is 0 Å². The zero-order valence-electron chi connectivity index (χ0n) is 14.9. The van der Waals surface area contributed by atoms with Gasteiger partial charge in [0.05, 0.1) is 4.90 Å². The average Bonchev–Trinajstić information content (AvgIpc) is 3.08. The fraction of sp³-hybridized carbons (Fsp3) is 0.562. The van der Waals surface area contributed by atoms with E-state index in [0.29, 0.717) is 22.6 Å². The second-order valence-corrected chi connectivity index (χ2v) is 9.37. The number of hydrogen-bond acceptors (Lipinski definition) is 4. The summed E-state index contributed by atoms with van der Waals surface area (Å²) in [6.07, 6.45) is 2.51. The Labute approximate surface area is 172 Å². The zero-order valence-corrected chi connectivity index (χ0v) is 18.8. The lowest BCUT2D eigenvalue weighted by molar-refractivity contribution is 0.519. The number of aliphatic imine (C=N–C) groups is 1. The first-order valence-electron chi connectivity index (χ1n) is 8.01. The molecule has 0 amide bonds. The normalized spacial score (nSPS) is 18.1. The van der Waals surface area contributed by atoms with Gasteiger partial charge in [0.15, 0.2) is 5.96 Å². The van der Waals surface area contributed by atoms with E-state index in [1.54, 1.807) is 33.3 Å². The van der Waals surface area contributed by atoms with Crippen LogP contribution in [0.25, 0.3) is 0 Å². The summed E-state index contributed by atoms with van der Waals surface area (Å²) in [5.74, 6) is 1.92. The number of hydrogen-bond donors (Lipinski definition) is 2. The van der Waals surface area contributed by atoms with E-state index < -0.39 is 10.0 Å². The van der Waals surface area contributed by atoms with Crippen molar-refractivity contribution in [3.05, 3.63) is 29.8 Å². The topological polar surface area (TPSA) is 73.8 Å². The molecule has 25 heavy (non-hydrogen) atoms. The fourth-order valence-electron chi connectivity index (χ4n) is 2.51. The summed E-state index contributed by atoms with van der Waals surface area (Å²) in [6.45, 7) is 1.28. The quantitative estimate of drug-likeness (QED) is 0.357. The number of sulfonamides is 1. The Morgan fingerprint density at radius 2 is 2.04 bits per heavy atom. The highest BCUT2D eigenvalue weighted by Gasteiger charge is 2.21. The van der Waals surface area contributed by atoms with Gasteiger partial charge in [0.2, 0.25) is 10.0 Å². The van der Waals surface area contributed by atoms with Crippen LogP contribution in [0.15, 0.2) is 34.2 Å². The molecule has 0 aromatic heterocycles. The predicted molar refractivity (Wildman–Crippen MR) is 116 cm³/mol. The number of rotatable bonds is 6. The zero-order chi connectivity index (χ0) is 17.6. The van der Waals surface area contributed by atoms with Gasteiger partial charge in [-0.3, -0.25) is 4.99 Å². The first-order valence-corrected chi connectivity index (χ1v) is 10.5. The molecular weight excluding hydrogens is 471 g/mol. The third-order valence-electron chi connectivity index (χ3n) is 3.92. The number of thioether (sulfide) groups is 1. The highest BCUT2D eigenvalue weighted by atomic mass is 127. The van der Waals surface area contributed by atoms with Gasteiger partial charge in [-0.15, -0.1) is 24.0 Å². The van der Waals surface area contributed by atoms with E-state index in [4.69, 9.17) is 0 Å². The Bertz CT molecular complexity index is 674. The van der Waals surface area contributed by atoms with Gasteiger partial charge >= 0.3 is 0 Å². The molecule has 1 unspecified atom stereocenters. The molecule has 1 saturated heterocycles. The minimum absolute atomic E-state index is 0. The van der Waals surface area contributed by atoms with Gasteiger partial charge < -0.3 is 10.6 Å². The summed E-state index contributed by atoms with van der Waals surface area (Å²) >= 11 is 1.99. The molecule has 1 aromatic carbocycles. The van der Waals surface area contributed by atoms with Crippen LogP contribution in [0.4, 0.5) is 0 Å². The van der Waals surface area contributed by atoms with Crippen molar-refractivity contribution in [3.8, 4) is 0 Å². The lowest BCUT2D eigenvalue weighted by atomic mass is 10.2. The van der Waals surface area contributed by atoms with E-state index in [0.717, 1.165) is 12.1 Å². The molecule has 1 aromatic rings. The van der Waals surface area contributed by atoms with Crippen LogP contribution in [0.3, 0.4) is 0 Å². The van der Waals surface area contributed by atoms with Gasteiger partial charge in [0.25, 0.3) is 0 Å². The Morgan fingerprint density at radius 1 is 1.32 bits per heavy atom. The SMILES string of the molecule is CN=C(NCc1ccccc1S(=O)(=O)N(C)C)NCC1CCCS1.I. The third kappa shape index (κ3) is 6.30. The molecule has 1 aliphatic rings. The number of nitrogens with zero attached hydrogens (tertiary/aromatic N) is 2. The maximum Gasteiger partial charge on any atom is 0.242 e. The molecule has 1 aliphatic heterocycles. The highest BCUT2D eigenvalue weighted by Crippen LogP contribution is 2.25. The van der Waals surface area contributed by atoms with Crippen LogP contribution in [0.2, 0.25) is 0 Å². The van der Waals surface area contributed by atoms with Crippen LogP contribution in [-0.4, -0.2) is 57.4 Å². The number of benzene rings is 1. The summed E-state index contributed by atoms with van der Waals surface area (Å²) in [7, 11) is 1.35. The van der Waals surface area contributed by atoms with Gasteiger partial charge in [0.1, 0.15) is 0 Å². The van der Waals surface area contributed by atoms with Gasteiger partial charge in [-0.05, 0) is 30.2 Å². The summed E-state index contributed by atoms with van der Waals surface area (Å²) in [6, 6.07) is 7.04. The molecule has 1 atom stereocenters. The molecule has 0 bridgehead atoms. The van der Waals surface area contributed by atoms with Gasteiger partial charge in [-0.2, -0.15) is 11.8 Å². The summed E-state index contributed by atoms with van der Waals surface area (Å²) in [5, 5.41) is 7.16. The van der Waals surface area contributed by atoms with Crippen LogP contribution in [-0.2, 0) is 16.6 Å². The Balaban J connectivity index is 0.00000312. The Morgan fingerprint density at radius 3 is 2.64 bits per heavy atom. The molecule has 2 rings (SSSR count). The second kappa shape index (κ2) is 10.6. The van der Waals surface area contributed by atoms with E-state index >= 15 is 0 Å². The van der Waals surface area contributed by atoms with Crippen molar-refractivity contribution < 1.29 is 8.42 Å². The largest absolute Gasteiger partial charge is 0.355 e. The maximum atomic E-state index is 12.4. The van der Waals surface area contributed by atoms with E-state index in [9.17, 15) is 8.42 Å². The van der Waals surface area contributed by atoms with Gasteiger partial charge in [-0.1, -0.05) is 18.2 Å². The minimum Gasteiger partial charge on any atom is -0.355 e. The number of guanidine groups is 1. The van der Waals surface area contributed by atoms with Crippen molar-refractivity contribution in [2.75, 3.05) is 33.4 Å². The van der Waals surface area contributed by atoms with Gasteiger partial charge in [-0.25, -0.2) is 12.7 Å². The van der Waals surface area contributed by atoms with E-state index in [2.05, 4.69) is 15.6 Å². The minimum atomic E-state index is -3.46. The van der Waals surface area contributed by atoms with E-state index in [1.807, 2.05) is 23.9 Å². The summed E-state index contributed by atoms with van der Waals surface area (Å²) in [5.41, 5.74) is 0.726. The standard InChI is InChI=1S/C16H26N4O2S2.HI/c1-17-16(19-12-14-8-6-10-23-14)18-11-13-7-4-5-9-15(13)24(21,22)20(2)3;/h4-5,7,9,14H,6,8,10-12H2,1-3H3,(H2,17,18,19);1H. The molecule has 142 valence electrons. The molecule has 9 heteroatoms. The van der Waals surface area contributed by atoms with Crippen LogP contribution in [0, 0.1) is 0 Å². The van der Waals surface area contributed by atoms with Crippen molar-refractivity contribution in [1.82, 2.24) is 14.9 Å². The molecule has 0 saturated carbocycles. The Hall–Kier alpha value is -0.520. The molecular formula is C16H27IN4O2S2. The molecule has 6 nitrogen and oxygen atoms in total. The Kier molecular flexibility index (Phi) is 9.54. The fourth-order valence-corrected chi connectivity index (χ4v) is 4.83. The van der Waals surface area contributed by atoms with Gasteiger partial charge in [0, 0.05) is 39.5 Å². The summed E-state index contributed by atoms with van der Waals surface area (Å²) < 4.78 is 26.1. The average molecular weight is 498 g/mol. The monoisotopic (exact) mass is 498 g/mol. The first-order chi connectivity index (χ1) is 11.4.